The molecule has 2 aromatic heterocycles. The second-order valence-electron chi connectivity index (χ2n) is 4.43. The minimum Gasteiger partial charge on any atom is -0.265 e. The number of hydrogen-bond donors (Lipinski definition) is 0. The number of nitrogens with zero attached hydrogens (tertiary/aromatic N) is 3. The Bertz CT molecular complexity index is 656. The van der Waals surface area contributed by atoms with Gasteiger partial charge in [0, 0.05) is 24.3 Å². The van der Waals surface area contributed by atoms with Crippen molar-refractivity contribution < 1.29 is 0 Å². The molecule has 0 radical (unpaired) electrons. The molecular weight excluding hydrogens is 222 g/mol. The number of fused-ring (bicyclic) bond motifs is 1. The highest BCUT2D eigenvalue weighted by Crippen LogP contribution is 2.17. The standard InChI is InChI=1S/C15H15N3/c1-12-14-4-2-3-5-15(14)18(17-12)11-8-13-6-9-16-10-7-13/h2-7,9-10H,8,11H2,1H3. The van der Waals surface area contributed by atoms with Crippen LogP contribution < -0.4 is 0 Å². The van der Waals surface area contributed by atoms with Gasteiger partial charge in [0.1, 0.15) is 0 Å². The number of pyridine rings is 1. The van der Waals surface area contributed by atoms with Crippen molar-refractivity contribution in [3.05, 3.63) is 60.0 Å². The molecule has 3 rings (SSSR count). The van der Waals surface area contributed by atoms with Crippen LogP contribution in [0.15, 0.2) is 48.8 Å². The molecule has 0 aliphatic carbocycles. The first-order chi connectivity index (χ1) is 8.84. The minimum atomic E-state index is 0.901. The summed E-state index contributed by atoms with van der Waals surface area (Å²) in [7, 11) is 0. The van der Waals surface area contributed by atoms with Crippen molar-refractivity contribution in [1.29, 1.82) is 0 Å². The summed E-state index contributed by atoms with van der Waals surface area (Å²) >= 11 is 0. The van der Waals surface area contributed by atoms with Crippen LogP contribution in [0.5, 0.6) is 0 Å². The lowest BCUT2D eigenvalue weighted by Gasteiger charge is -2.03. The maximum Gasteiger partial charge on any atom is 0.0685 e. The van der Waals surface area contributed by atoms with Crippen molar-refractivity contribution >= 4 is 10.9 Å². The predicted octanol–water partition coefficient (Wildman–Crippen LogP) is 2.98. The fraction of sp³-hybridized carbons (Fsp3) is 0.200. The number of rotatable bonds is 3. The van der Waals surface area contributed by atoms with Crippen LogP contribution in [0.25, 0.3) is 10.9 Å². The fourth-order valence-electron chi connectivity index (χ4n) is 2.25. The van der Waals surface area contributed by atoms with Crippen molar-refractivity contribution in [2.45, 2.75) is 19.9 Å². The van der Waals surface area contributed by atoms with Crippen LogP contribution in [-0.4, -0.2) is 14.8 Å². The van der Waals surface area contributed by atoms with Gasteiger partial charge in [-0.15, -0.1) is 0 Å². The molecular formula is C15H15N3. The molecule has 0 bridgehead atoms. The van der Waals surface area contributed by atoms with E-state index < -0.39 is 0 Å². The highest BCUT2D eigenvalue weighted by atomic mass is 15.3. The molecule has 3 heteroatoms. The number of aryl methyl sites for hydroxylation is 3. The average Bonchev–Trinajstić information content (AvgIpc) is 2.75. The lowest BCUT2D eigenvalue weighted by molar-refractivity contribution is 0.629. The van der Waals surface area contributed by atoms with Crippen LogP contribution >= 0.6 is 0 Å². The smallest absolute Gasteiger partial charge is 0.0685 e. The van der Waals surface area contributed by atoms with E-state index in [1.165, 1.54) is 16.5 Å². The third-order valence-electron chi connectivity index (χ3n) is 3.20. The first kappa shape index (κ1) is 11.0. The van der Waals surface area contributed by atoms with Crippen LogP contribution in [0.4, 0.5) is 0 Å². The predicted molar refractivity (Wildman–Crippen MR) is 72.4 cm³/mol. The van der Waals surface area contributed by atoms with Crippen molar-refractivity contribution in [2.75, 3.05) is 0 Å². The SMILES string of the molecule is Cc1nn(CCc2ccncc2)c2ccccc12. The Hall–Kier alpha value is -2.16. The summed E-state index contributed by atoms with van der Waals surface area (Å²) in [5.41, 5.74) is 3.60. The van der Waals surface area contributed by atoms with Gasteiger partial charge in [-0.1, -0.05) is 18.2 Å². The molecule has 0 aliphatic heterocycles. The molecule has 1 aromatic carbocycles. The number of hydrogen-bond acceptors (Lipinski definition) is 2. The van der Waals surface area contributed by atoms with Crippen molar-refractivity contribution in [2.24, 2.45) is 0 Å². The minimum absolute atomic E-state index is 0.901. The highest BCUT2D eigenvalue weighted by Gasteiger charge is 2.05. The Balaban J connectivity index is 1.87. The van der Waals surface area contributed by atoms with Gasteiger partial charge in [-0.2, -0.15) is 5.10 Å². The second kappa shape index (κ2) is 4.61. The first-order valence-corrected chi connectivity index (χ1v) is 6.15. The number of aromatic nitrogens is 3. The van der Waals surface area contributed by atoms with E-state index in [1.54, 1.807) is 0 Å². The Kier molecular flexibility index (Phi) is 2.81. The van der Waals surface area contributed by atoms with E-state index in [4.69, 9.17) is 0 Å². The summed E-state index contributed by atoms with van der Waals surface area (Å²) in [6, 6.07) is 12.5. The quantitative estimate of drug-likeness (QED) is 0.701. The molecule has 2 heterocycles. The zero-order chi connectivity index (χ0) is 12.4. The summed E-state index contributed by atoms with van der Waals surface area (Å²) in [5.74, 6) is 0. The summed E-state index contributed by atoms with van der Waals surface area (Å²) in [5, 5.41) is 5.85. The van der Waals surface area contributed by atoms with Crippen molar-refractivity contribution in [3.63, 3.8) is 0 Å². The molecule has 0 saturated heterocycles. The zero-order valence-corrected chi connectivity index (χ0v) is 10.4. The normalized spacial score (nSPS) is 10.9. The van der Waals surface area contributed by atoms with Crippen molar-refractivity contribution in [1.82, 2.24) is 14.8 Å². The van der Waals surface area contributed by atoms with E-state index in [2.05, 4.69) is 58.1 Å². The molecule has 90 valence electrons. The summed E-state index contributed by atoms with van der Waals surface area (Å²) < 4.78 is 2.09. The molecule has 0 spiro atoms. The van der Waals surface area contributed by atoms with Gasteiger partial charge in [0.15, 0.2) is 0 Å². The summed E-state index contributed by atoms with van der Waals surface area (Å²) in [6.07, 6.45) is 4.65. The average molecular weight is 237 g/mol. The van der Waals surface area contributed by atoms with Gasteiger partial charge in [-0.05, 0) is 37.1 Å². The number of benzene rings is 1. The molecule has 18 heavy (non-hydrogen) atoms. The summed E-state index contributed by atoms with van der Waals surface area (Å²) in [4.78, 5) is 4.03. The largest absolute Gasteiger partial charge is 0.265 e. The monoisotopic (exact) mass is 237 g/mol. The molecule has 3 aromatic rings. The maximum absolute atomic E-state index is 4.61. The third kappa shape index (κ3) is 1.99. The van der Waals surface area contributed by atoms with Crippen LogP contribution in [0.3, 0.4) is 0 Å². The van der Waals surface area contributed by atoms with Gasteiger partial charge in [0.25, 0.3) is 0 Å². The van der Waals surface area contributed by atoms with E-state index in [0.717, 1.165) is 18.7 Å². The fourth-order valence-corrected chi connectivity index (χ4v) is 2.25. The van der Waals surface area contributed by atoms with Gasteiger partial charge < -0.3 is 0 Å². The van der Waals surface area contributed by atoms with E-state index >= 15 is 0 Å². The molecule has 0 unspecified atom stereocenters. The van der Waals surface area contributed by atoms with E-state index in [1.807, 2.05) is 12.4 Å². The van der Waals surface area contributed by atoms with Crippen LogP contribution in [0.1, 0.15) is 11.3 Å². The summed E-state index contributed by atoms with van der Waals surface area (Å²) in [6.45, 7) is 2.96. The lowest BCUT2D eigenvalue weighted by Crippen LogP contribution is -2.03. The molecule has 0 aliphatic rings. The molecule has 3 nitrogen and oxygen atoms in total. The lowest BCUT2D eigenvalue weighted by atomic mass is 10.2. The van der Waals surface area contributed by atoms with E-state index in [0.29, 0.717) is 0 Å². The Labute approximate surface area is 106 Å². The first-order valence-electron chi connectivity index (χ1n) is 6.15. The van der Waals surface area contributed by atoms with Gasteiger partial charge in [-0.3, -0.25) is 9.67 Å². The van der Waals surface area contributed by atoms with Crippen LogP contribution in [0.2, 0.25) is 0 Å². The van der Waals surface area contributed by atoms with E-state index in [9.17, 15) is 0 Å². The van der Waals surface area contributed by atoms with Crippen LogP contribution in [-0.2, 0) is 13.0 Å². The molecule has 0 atom stereocenters. The second-order valence-corrected chi connectivity index (χ2v) is 4.43. The van der Waals surface area contributed by atoms with Crippen molar-refractivity contribution in [3.8, 4) is 0 Å². The zero-order valence-electron chi connectivity index (χ0n) is 10.4. The molecule has 0 fully saturated rings. The molecule has 0 N–H and O–H groups in total. The van der Waals surface area contributed by atoms with Gasteiger partial charge in [-0.25, -0.2) is 0 Å². The Morgan fingerprint density at radius 3 is 2.67 bits per heavy atom. The van der Waals surface area contributed by atoms with E-state index in [-0.39, 0.29) is 0 Å². The van der Waals surface area contributed by atoms with Crippen LogP contribution in [0, 0.1) is 6.92 Å². The third-order valence-corrected chi connectivity index (χ3v) is 3.20. The number of para-hydroxylation sites is 1. The maximum atomic E-state index is 4.61. The Morgan fingerprint density at radius 2 is 1.83 bits per heavy atom. The topological polar surface area (TPSA) is 30.7 Å². The molecule has 0 saturated carbocycles. The highest BCUT2D eigenvalue weighted by molar-refractivity contribution is 5.81. The van der Waals surface area contributed by atoms with Gasteiger partial charge >= 0.3 is 0 Å². The van der Waals surface area contributed by atoms with Gasteiger partial charge in [0.2, 0.25) is 0 Å². The Morgan fingerprint density at radius 1 is 1.06 bits per heavy atom. The molecule has 0 amide bonds. The van der Waals surface area contributed by atoms with Gasteiger partial charge in [0.05, 0.1) is 11.2 Å².